The molecule has 2 aromatic rings. The van der Waals surface area contributed by atoms with Gasteiger partial charge in [-0.05, 0) is 43.3 Å². The third-order valence-corrected chi connectivity index (χ3v) is 3.55. The van der Waals surface area contributed by atoms with Crippen LogP contribution in [0.5, 0.6) is 5.75 Å². The second kappa shape index (κ2) is 7.22. The van der Waals surface area contributed by atoms with Gasteiger partial charge in [0.05, 0.1) is 12.8 Å². The molecule has 0 aliphatic rings. The molecule has 1 aromatic carbocycles. The number of hydrogen-bond acceptors (Lipinski definition) is 4. The molecule has 1 aromatic heterocycles. The lowest BCUT2D eigenvalue weighted by Gasteiger charge is -2.12. The van der Waals surface area contributed by atoms with Gasteiger partial charge in [0.1, 0.15) is 18.1 Å². The second-order valence-corrected chi connectivity index (χ2v) is 5.42. The summed E-state index contributed by atoms with van der Waals surface area (Å²) in [6, 6.07) is 5.63. The number of amides is 1. The number of rotatable bonds is 6. The van der Waals surface area contributed by atoms with Crippen LogP contribution in [0.2, 0.25) is 0 Å². The number of aryl methyl sites for hydroxylation is 2. The average molecular weight is 320 g/mol. The smallest absolute Gasteiger partial charge is 0.244 e. The van der Waals surface area contributed by atoms with Crippen LogP contribution in [-0.4, -0.2) is 27.8 Å². The van der Waals surface area contributed by atoms with Gasteiger partial charge < -0.3 is 10.1 Å². The summed E-state index contributed by atoms with van der Waals surface area (Å²) in [5.74, 6) is 1.25. The summed E-state index contributed by atoms with van der Waals surface area (Å²) in [5, 5.41) is 9.75. The molecule has 7 heteroatoms. The maximum Gasteiger partial charge on any atom is 0.244 e. The first-order chi connectivity index (χ1) is 10.5. The predicted octanol–water partition coefficient (Wildman–Crippen LogP) is 2.85. The minimum absolute atomic E-state index is 0.127. The number of ether oxygens (including phenoxy) is 1. The number of anilines is 1. The van der Waals surface area contributed by atoms with Crippen molar-refractivity contribution in [3.63, 3.8) is 0 Å². The Morgan fingerprint density at radius 2 is 2.27 bits per heavy atom. The molecule has 0 spiro atoms. The summed E-state index contributed by atoms with van der Waals surface area (Å²) in [4.78, 5) is 12.3. The number of aromatic amines is 1. The molecule has 0 unspecified atom stereocenters. The molecular formula is C15H20N4O2S. The Bertz CT molecular complexity index is 721. The molecule has 0 bridgehead atoms. The number of methoxy groups -OCH3 is 1. The number of carbonyl (C=O) groups is 1. The van der Waals surface area contributed by atoms with Crippen LogP contribution in [0.3, 0.4) is 0 Å². The highest BCUT2D eigenvalue weighted by Gasteiger charge is 2.12. The second-order valence-electron chi connectivity index (χ2n) is 5.03. The Balaban J connectivity index is 2.16. The van der Waals surface area contributed by atoms with Crippen molar-refractivity contribution in [3.05, 3.63) is 34.4 Å². The fraction of sp³-hybridized carbons (Fsp3) is 0.400. The van der Waals surface area contributed by atoms with Crippen LogP contribution >= 0.6 is 12.2 Å². The van der Waals surface area contributed by atoms with Crippen LogP contribution in [0, 0.1) is 11.7 Å². The Morgan fingerprint density at radius 1 is 1.50 bits per heavy atom. The lowest BCUT2D eigenvalue weighted by molar-refractivity contribution is -0.116. The molecule has 118 valence electrons. The molecule has 0 saturated heterocycles. The Hall–Kier alpha value is -2.15. The van der Waals surface area contributed by atoms with Crippen LogP contribution < -0.4 is 10.1 Å². The maximum atomic E-state index is 12.3. The fourth-order valence-corrected chi connectivity index (χ4v) is 2.40. The lowest BCUT2D eigenvalue weighted by atomic mass is 10.2. The summed E-state index contributed by atoms with van der Waals surface area (Å²) < 4.78 is 7.43. The molecule has 1 heterocycles. The van der Waals surface area contributed by atoms with Gasteiger partial charge in [0.2, 0.25) is 5.91 Å². The van der Waals surface area contributed by atoms with Crippen molar-refractivity contribution >= 4 is 23.8 Å². The summed E-state index contributed by atoms with van der Waals surface area (Å²) in [5.41, 5.74) is 1.70. The third-order valence-electron chi connectivity index (χ3n) is 3.24. The van der Waals surface area contributed by atoms with Crippen LogP contribution in [-0.2, 0) is 17.8 Å². The van der Waals surface area contributed by atoms with E-state index in [0.717, 1.165) is 24.2 Å². The van der Waals surface area contributed by atoms with Crippen molar-refractivity contribution in [2.75, 3.05) is 12.4 Å². The summed E-state index contributed by atoms with van der Waals surface area (Å²) >= 11 is 5.18. The zero-order chi connectivity index (χ0) is 16.1. The summed E-state index contributed by atoms with van der Waals surface area (Å²) in [7, 11) is 1.58. The topological polar surface area (TPSA) is 71.9 Å². The molecule has 1 amide bonds. The van der Waals surface area contributed by atoms with Gasteiger partial charge in [-0.2, -0.15) is 5.10 Å². The van der Waals surface area contributed by atoms with Crippen LogP contribution in [0.25, 0.3) is 0 Å². The molecule has 2 N–H and O–H groups in total. The van der Waals surface area contributed by atoms with Gasteiger partial charge in [-0.25, -0.2) is 0 Å². The van der Waals surface area contributed by atoms with Crippen molar-refractivity contribution in [2.24, 2.45) is 0 Å². The molecule has 0 fully saturated rings. The monoisotopic (exact) mass is 320 g/mol. The molecule has 0 radical (unpaired) electrons. The zero-order valence-electron chi connectivity index (χ0n) is 13.0. The molecule has 6 nitrogen and oxygen atoms in total. The van der Waals surface area contributed by atoms with Crippen molar-refractivity contribution < 1.29 is 9.53 Å². The highest BCUT2D eigenvalue weighted by Crippen LogP contribution is 2.25. The first-order valence-corrected chi connectivity index (χ1v) is 7.54. The van der Waals surface area contributed by atoms with Crippen molar-refractivity contribution in [1.29, 1.82) is 0 Å². The van der Waals surface area contributed by atoms with Crippen LogP contribution in [0.4, 0.5) is 5.69 Å². The molecule has 2 rings (SSSR count). The van der Waals surface area contributed by atoms with Gasteiger partial charge >= 0.3 is 0 Å². The Morgan fingerprint density at radius 3 is 2.95 bits per heavy atom. The van der Waals surface area contributed by atoms with E-state index < -0.39 is 0 Å². The number of carbonyl (C=O) groups excluding carboxylic acids is 1. The quantitative estimate of drug-likeness (QED) is 0.803. The molecule has 0 atom stereocenters. The number of aromatic nitrogens is 3. The first kappa shape index (κ1) is 16.2. The lowest BCUT2D eigenvalue weighted by Crippen LogP contribution is -2.20. The van der Waals surface area contributed by atoms with E-state index in [1.165, 1.54) is 0 Å². The van der Waals surface area contributed by atoms with Crippen molar-refractivity contribution in [2.45, 2.75) is 33.2 Å². The molecule has 22 heavy (non-hydrogen) atoms. The van der Waals surface area contributed by atoms with Gasteiger partial charge in [-0.1, -0.05) is 13.0 Å². The SMILES string of the molecule is CCCc1n[nH]c(=S)n1CC(=O)Nc1cc(C)ccc1OC. The first-order valence-electron chi connectivity index (χ1n) is 7.13. The van der Waals surface area contributed by atoms with E-state index in [0.29, 0.717) is 16.2 Å². The number of nitrogens with one attached hydrogen (secondary N) is 2. The standard InChI is InChI=1S/C15H20N4O2S/c1-4-5-13-17-18-15(22)19(13)9-14(20)16-11-8-10(2)6-7-12(11)21-3/h6-8H,4-5,9H2,1-3H3,(H,16,20)(H,18,22). The number of hydrogen-bond donors (Lipinski definition) is 2. The predicted molar refractivity (Wildman–Crippen MR) is 87.8 cm³/mol. The van der Waals surface area contributed by atoms with E-state index in [2.05, 4.69) is 22.4 Å². The van der Waals surface area contributed by atoms with Crippen molar-refractivity contribution in [3.8, 4) is 5.75 Å². The molecule has 0 aliphatic carbocycles. The van der Waals surface area contributed by atoms with Crippen molar-refractivity contribution in [1.82, 2.24) is 14.8 Å². The maximum absolute atomic E-state index is 12.3. The summed E-state index contributed by atoms with van der Waals surface area (Å²) in [6.07, 6.45) is 1.71. The van der Waals surface area contributed by atoms with Gasteiger partial charge in [0.15, 0.2) is 4.77 Å². The highest BCUT2D eigenvalue weighted by molar-refractivity contribution is 7.71. The average Bonchev–Trinajstić information content (AvgIpc) is 2.81. The van der Waals surface area contributed by atoms with E-state index in [1.807, 2.05) is 25.1 Å². The van der Waals surface area contributed by atoms with Gasteiger partial charge in [0.25, 0.3) is 0 Å². The molecular weight excluding hydrogens is 300 g/mol. The zero-order valence-corrected chi connectivity index (χ0v) is 13.8. The number of nitrogens with zero attached hydrogens (tertiary/aromatic N) is 2. The molecule has 0 saturated carbocycles. The normalized spacial score (nSPS) is 10.5. The Labute approximate surface area is 134 Å². The minimum atomic E-state index is -0.168. The van der Waals surface area contributed by atoms with Crippen LogP contribution in [0.15, 0.2) is 18.2 Å². The van der Waals surface area contributed by atoms with Crippen LogP contribution in [0.1, 0.15) is 24.7 Å². The number of H-pyrrole nitrogens is 1. The number of benzene rings is 1. The largest absolute Gasteiger partial charge is 0.495 e. The van der Waals surface area contributed by atoms with E-state index in [-0.39, 0.29) is 12.5 Å². The van der Waals surface area contributed by atoms with Gasteiger partial charge in [-0.15, -0.1) is 0 Å². The van der Waals surface area contributed by atoms with E-state index in [9.17, 15) is 4.79 Å². The van der Waals surface area contributed by atoms with Gasteiger partial charge in [0, 0.05) is 6.42 Å². The van der Waals surface area contributed by atoms with E-state index in [1.54, 1.807) is 11.7 Å². The highest BCUT2D eigenvalue weighted by atomic mass is 32.1. The minimum Gasteiger partial charge on any atom is -0.495 e. The fourth-order valence-electron chi connectivity index (χ4n) is 2.18. The van der Waals surface area contributed by atoms with Gasteiger partial charge in [-0.3, -0.25) is 14.5 Å². The van der Waals surface area contributed by atoms with E-state index >= 15 is 0 Å². The summed E-state index contributed by atoms with van der Waals surface area (Å²) in [6.45, 7) is 4.14. The van der Waals surface area contributed by atoms with E-state index in [4.69, 9.17) is 17.0 Å². The third kappa shape index (κ3) is 3.73. The molecule has 0 aliphatic heterocycles. The Kier molecular flexibility index (Phi) is 5.32.